The van der Waals surface area contributed by atoms with Crippen LogP contribution in [0.5, 0.6) is 5.75 Å². The quantitative estimate of drug-likeness (QED) is 0.326. The van der Waals surface area contributed by atoms with Crippen molar-refractivity contribution in [1.29, 1.82) is 0 Å². The van der Waals surface area contributed by atoms with Gasteiger partial charge in [-0.1, -0.05) is 50.1 Å². The Labute approximate surface area is 322 Å². The maximum absolute atomic E-state index is 13.7. The van der Waals surface area contributed by atoms with Crippen LogP contribution in [0, 0.1) is 17.8 Å². The molecule has 0 unspecified atom stereocenters. The molecule has 1 amide bonds. The summed E-state index contributed by atoms with van der Waals surface area (Å²) in [6, 6.07) is 11.7. The Kier molecular flexibility index (Phi) is 11.6. The van der Waals surface area contributed by atoms with E-state index in [4.69, 9.17) is 21.1 Å². The van der Waals surface area contributed by atoms with E-state index in [2.05, 4.69) is 50.6 Å². The van der Waals surface area contributed by atoms with Crippen LogP contribution >= 0.6 is 11.6 Å². The van der Waals surface area contributed by atoms with Crippen molar-refractivity contribution in [2.24, 2.45) is 17.8 Å². The average molecular weight is 767 g/mol. The third kappa shape index (κ3) is 7.91. The van der Waals surface area contributed by atoms with Gasteiger partial charge in [-0.15, -0.1) is 0 Å². The second-order valence-corrected chi connectivity index (χ2v) is 19.1. The summed E-state index contributed by atoms with van der Waals surface area (Å²) in [7, 11) is -2.08. The summed E-state index contributed by atoms with van der Waals surface area (Å²) in [5.41, 5.74) is 2.95. The Bertz CT molecular complexity index is 1780. The highest BCUT2D eigenvalue weighted by molar-refractivity contribution is 7.90. The Hall–Kier alpha value is -2.63. The van der Waals surface area contributed by atoms with Crippen LogP contribution in [0.25, 0.3) is 0 Å². The number of aryl methyl sites for hydroxylation is 1. The Morgan fingerprint density at radius 1 is 1.06 bits per heavy atom. The van der Waals surface area contributed by atoms with Crippen LogP contribution in [0.3, 0.4) is 0 Å². The van der Waals surface area contributed by atoms with E-state index in [1.807, 2.05) is 32.2 Å². The molecule has 5 aliphatic rings. The van der Waals surface area contributed by atoms with Gasteiger partial charge in [-0.2, -0.15) is 0 Å². The topological polar surface area (TPSA) is 91.4 Å². The molecule has 2 aromatic carbocycles. The maximum Gasteiger partial charge on any atom is 0.264 e. The highest BCUT2D eigenvalue weighted by Gasteiger charge is 2.50. The number of hydrogen-bond acceptors (Lipinski definition) is 8. The van der Waals surface area contributed by atoms with Crippen LogP contribution in [0.1, 0.15) is 87.2 Å². The number of allylic oxidation sites excluding steroid dienone is 1. The SMILES string of the molecule is CCCCN1CCN(C[C@]2(OC)/C=C\C[C@H](C)[C@@H](C)S(=O)(=O)NC(=O)c3ccc4c(c3)N(C[C@@H]3CC[C@H]32)C[C@@]2(CCCc3cc(Cl)ccc32)CO4)CC1. The molecule has 53 heavy (non-hydrogen) atoms. The lowest BCUT2D eigenvalue weighted by Crippen LogP contribution is -2.59. The maximum atomic E-state index is 13.7. The van der Waals surface area contributed by atoms with Crippen molar-refractivity contribution in [3.05, 3.63) is 70.3 Å². The van der Waals surface area contributed by atoms with Gasteiger partial charge in [-0.05, 0) is 118 Å². The molecule has 290 valence electrons. The Balaban J connectivity index is 1.27. The smallest absolute Gasteiger partial charge is 0.264 e. The zero-order valence-corrected chi connectivity index (χ0v) is 33.7. The standard InChI is InChI=1S/C42H59ClN4O5S/c1-5-6-19-45-20-22-46(23-21-45)28-42(51-4)18-7-9-30(2)31(3)53(49,50)44-40(48)33-12-16-39-38(25-33)47(26-34-11-14-37(34)42)27-41(29-52-39)17-8-10-32-24-35(43)13-15-36(32)41/h7,12-13,15-16,18,24-25,30-31,34,37H,5-6,8-11,14,17,19-23,26-29H2,1-4H3,(H,44,48)/b18-7-/t30-,31+,34-,37+,41-,42+/m0/s1. The predicted octanol–water partition coefficient (Wildman–Crippen LogP) is 6.69. The third-order valence-electron chi connectivity index (χ3n) is 13.4. The molecule has 2 aromatic rings. The summed E-state index contributed by atoms with van der Waals surface area (Å²) in [5, 5.41) is -0.0180. The number of carbonyl (C=O) groups is 1. The molecular formula is C42H59ClN4O5S. The number of piperazine rings is 1. The lowest BCUT2D eigenvalue weighted by Gasteiger charge is -2.52. The molecule has 11 heteroatoms. The second-order valence-electron chi connectivity index (χ2n) is 16.7. The summed E-state index contributed by atoms with van der Waals surface area (Å²) in [5.74, 6) is 0.530. The van der Waals surface area contributed by atoms with Gasteiger partial charge in [0, 0.05) is 68.9 Å². The minimum absolute atomic E-state index is 0.210. The molecule has 7 rings (SSSR count). The van der Waals surface area contributed by atoms with E-state index in [0.29, 0.717) is 24.5 Å². The zero-order chi connectivity index (χ0) is 37.4. The van der Waals surface area contributed by atoms with Crippen molar-refractivity contribution in [3.8, 4) is 5.75 Å². The first kappa shape index (κ1) is 38.6. The second kappa shape index (κ2) is 15.8. The minimum Gasteiger partial charge on any atom is -0.490 e. The number of halogens is 1. The summed E-state index contributed by atoms with van der Waals surface area (Å²) >= 11 is 6.51. The number of hydrogen-bond donors (Lipinski definition) is 1. The van der Waals surface area contributed by atoms with Crippen molar-refractivity contribution >= 4 is 33.2 Å². The molecule has 1 N–H and O–H groups in total. The largest absolute Gasteiger partial charge is 0.490 e. The summed E-state index contributed by atoms with van der Waals surface area (Å²) < 4.78 is 43.0. The average Bonchev–Trinajstić information content (AvgIpc) is 3.28. The van der Waals surface area contributed by atoms with Gasteiger partial charge < -0.3 is 19.3 Å². The molecule has 0 radical (unpaired) electrons. The van der Waals surface area contributed by atoms with Crippen molar-refractivity contribution in [3.63, 3.8) is 0 Å². The minimum atomic E-state index is -3.95. The number of nitrogens with zero attached hydrogens (tertiary/aromatic N) is 3. The molecule has 6 atom stereocenters. The summed E-state index contributed by atoms with van der Waals surface area (Å²) in [6.45, 7) is 14.0. The van der Waals surface area contributed by atoms with Gasteiger partial charge in [0.15, 0.2) is 0 Å². The van der Waals surface area contributed by atoms with E-state index in [-0.39, 0.29) is 17.3 Å². The molecule has 1 saturated heterocycles. The number of methoxy groups -OCH3 is 1. The number of ether oxygens (including phenoxy) is 2. The zero-order valence-electron chi connectivity index (χ0n) is 32.1. The van der Waals surface area contributed by atoms with Crippen LogP contribution in [0.15, 0.2) is 48.6 Å². The number of benzene rings is 2. The Morgan fingerprint density at radius 3 is 2.58 bits per heavy atom. The van der Waals surface area contributed by atoms with E-state index in [0.717, 1.165) is 101 Å². The van der Waals surface area contributed by atoms with E-state index < -0.39 is 26.8 Å². The van der Waals surface area contributed by atoms with Gasteiger partial charge in [0.1, 0.15) is 11.4 Å². The Morgan fingerprint density at radius 2 is 1.85 bits per heavy atom. The fourth-order valence-corrected chi connectivity index (χ4v) is 11.2. The van der Waals surface area contributed by atoms with Crippen molar-refractivity contribution in [2.45, 2.75) is 88.4 Å². The van der Waals surface area contributed by atoms with E-state index in [1.54, 1.807) is 13.0 Å². The van der Waals surface area contributed by atoms with Crippen molar-refractivity contribution in [2.75, 3.05) is 71.0 Å². The van der Waals surface area contributed by atoms with E-state index >= 15 is 0 Å². The molecule has 2 aliphatic carbocycles. The van der Waals surface area contributed by atoms with Crippen LogP contribution in [-0.2, 0) is 26.6 Å². The highest BCUT2D eigenvalue weighted by Crippen LogP contribution is 2.49. The molecule has 3 heterocycles. The molecule has 1 spiro atoms. The van der Waals surface area contributed by atoms with Gasteiger partial charge in [0.25, 0.3) is 5.91 Å². The molecular weight excluding hydrogens is 708 g/mol. The predicted molar refractivity (Wildman–Crippen MR) is 213 cm³/mol. The third-order valence-corrected chi connectivity index (χ3v) is 15.5. The van der Waals surface area contributed by atoms with Crippen molar-refractivity contribution in [1.82, 2.24) is 14.5 Å². The first-order chi connectivity index (χ1) is 25.5. The highest BCUT2D eigenvalue weighted by atomic mass is 35.5. The summed E-state index contributed by atoms with van der Waals surface area (Å²) in [4.78, 5) is 21.3. The number of nitrogens with one attached hydrogen (secondary N) is 1. The number of amides is 1. The van der Waals surface area contributed by atoms with Crippen LogP contribution in [0.2, 0.25) is 5.02 Å². The van der Waals surface area contributed by atoms with Gasteiger partial charge in [0.05, 0.1) is 17.5 Å². The molecule has 2 fully saturated rings. The molecule has 1 saturated carbocycles. The number of rotatable bonds is 6. The molecule has 9 nitrogen and oxygen atoms in total. The number of carbonyl (C=O) groups excluding carboxylic acids is 1. The molecule has 0 aromatic heterocycles. The lowest BCUT2D eigenvalue weighted by molar-refractivity contribution is -0.0954. The van der Waals surface area contributed by atoms with Gasteiger partial charge in [-0.3, -0.25) is 9.69 Å². The van der Waals surface area contributed by atoms with Gasteiger partial charge in [0.2, 0.25) is 10.0 Å². The van der Waals surface area contributed by atoms with Gasteiger partial charge in [-0.25, -0.2) is 13.1 Å². The van der Waals surface area contributed by atoms with Crippen molar-refractivity contribution < 1.29 is 22.7 Å². The van der Waals surface area contributed by atoms with Crippen LogP contribution in [0.4, 0.5) is 5.69 Å². The van der Waals surface area contributed by atoms with E-state index in [1.165, 1.54) is 24.0 Å². The number of unbranched alkanes of at least 4 members (excludes halogenated alkanes) is 1. The van der Waals surface area contributed by atoms with Gasteiger partial charge >= 0.3 is 0 Å². The number of anilines is 1. The number of sulfonamides is 1. The first-order valence-corrected chi connectivity index (χ1v) is 21.9. The molecule has 2 bridgehead atoms. The fraction of sp³-hybridized carbons (Fsp3) is 0.643. The number of fused-ring (bicyclic) bond motifs is 4. The lowest BCUT2D eigenvalue weighted by atomic mass is 9.63. The van der Waals surface area contributed by atoms with Crippen LogP contribution in [-0.4, -0.2) is 101 Å². The first-order valence-electron chi connectivity index (χ1n) is 20.0. The molecule has 3 aliphatic heterocycles. The monoisotopic (exact) mass is 766 g/mol. The summed E-state index contributed by atoms with van der Waals surface area (Å²) in [6.07, 6.45) is 12.6. The normalized spacial score (nSPS) is 32.8. The fourth-order valence-electron chi connectivity index (χ4n) is 9.71. The van der Waals surface area contributed by atoms with Crippen LogP contribution < -0.4 is 14.4 Å². The van der Waals surface area contributed by atoms with E-state index in [9.17, 15) is 13.2 Å².